The summed E-state index contributed by atoms with van der Waals surface area (Å²) >= 11 is 0. The first-order valence-corrected chi connectivity index (χ1v) is 14.6. The van der Waals surface area contributed by atoms with Crippen molar-refractivity contribution in [3.8, 4) is 0 Å². The lowest BCUT2D eigenvalue weighted by atomic mass is 9.92. The summed E-state index contributed by atoms with van der Waals surface area (Å²) in [6, 6.07) is 15.8. The number of carbonyl (C=O) groups excluding carboxylic acids is 2. The number of amides is 2. The van der Waals surface area contributed by atoms with Crippen LogP contribution in [0.5, 0.6) is 0 Å². The molecule has 208 valence electrons. The van der Waals surface area contributed by atoms with E-state index in [0.717, 1.165) is 80.8 Å². The van der Waals surface area contributed by atoms with Gasteiger partial charge in [0.1, 0.15) is 11.3 Å². The molecule has 0 saturated carbocycles. The molecule has 2 aromatic carbocycles. The molecule has 2 amide bonds. The molecule has 2 saturated heterocycles. The highest BCUT2D eigenvalue weighted by Crippen LogP contribution is 2.25. The summed E-state index contributed by atoms with van der Waals surface area (Å²) in [5.74, 6) is 2.28. The zero-order valence-electron chi connectivity index (χ0n) is 23.7. The first-order valence-electron chi connectivity index (χ1n) is 14.6. The van der Waals surface area contributed by atoms with Gasteiger partial charge in [0.15, 0.2) is 0 Å². The van der Waals surface area contributed by atoms with Gasteiger partial charge >= 0.3 is 0 Å². The van der Waals surface area contributed by atoms with Crippen molar-refractivity contribution in [1.82, 2.24) is 25.1 Å². The van der Waals surface area contributed by atoms with E-state index in [2.05, 4.69) is 36.0 Å². The van der Waals surface area contributed by atoms with Crippen molar-refractivity contribution < 1.29 is 9.59 Å². The lowest BCUT2D eigenvalue weighted by molar-refractivity contribution is -0.131. The number of carbonyl (C=O) groups is 2. The van der Waals surface area contributed by atoms with Crippen molar-refractivity contribution in [3.63, 3.8) is 0 Å². The summed E-state index contributed by atoms with van der Waals surface area (Å²) in [4.78, 5) is 38.5. The molecule has 0 atom stereocenters. The second kappa shape index (κ2) is 11.9. The van der Waals surface area contributed by atoms with Crippen molar-refractivity contribution in [3.05, 3.63) is 65.5 Å². The highest BCUT2D eigenvalue weighted by molar-refractivity contribution is 6.04. The molecule has 0 unspecified atom stereocenters. The van der Waals surface area contributed by atoms with Gasteiger partial charge in [-0.2, -0.15) is 0 Å². The second-order valence-electron chi connectivity index (χ2n) is 12.5. The Morgan fingerprint density at radius 3 is 2.31 bits per heavy atom. The van der Waals surface area contributed by atoms with E-state index in [4.69, 9.17) is 4.98 Å². The number of likely N-dealkylation sites (tertiary alicyclic amines) is 2. The van der Waals surface area contributed by atoms with Gasteiger partial charge in [0.25, 0.3) is 5.91 Å². The number of nitrogens with one attached hydrogen (secondary N) is 2. The van der Waals surface area contributed by atoms with Crippen LogP contribution in [0.25, 0.3) is 11.0 Å². The van der Waals surface area contributed by atoms with Crippen LogP contribution in [0, 0.1) is 11.8 Å². The summed E-state index contributed by atoms with van der Waals surface area (Å²) in [6.45, 7) is 12.1. The highest BCUT2D eigenvalue weighted by atomic mass is 16.2. The topological polar surface area (TPSA) is 81.3 Å². The number of fused-ring (bicyclic) bond motifs is 1. The van der Waals surface area contributed by atoms with Gasteiger partial charge in [0, 0.05) is 31.6 Å². The van der Waals surface area contributed by atoms with Crippen LogP contribution in [-0.2, 0) is 16.6 Å². The Morgan fingerprint density at radius 2 is 1.62 bits per heavy atom. The largest absolute Gasteiger partial charge is 0.352 e. The summed E-state index contributed by atoms with van der Waals surface area (Å²) in [5.41, 5.74) is 3.30. The molecule has 0 spiro atoms. The molecule has 7 nitrogen and oxygen atoms in total. The molecule has 0 radical (unpaired) electrons. The van der Waals surface area contributed by atoms with Gasteiger partial charge in [-0.1, -0.05) is 57.2 Å². The molecule has 3 heterocycles. The average Bonchev–Trinajstić information content (AvgIpc) is 3.39. The summed E-state index contributed by atoms with van der Waals surface area (Å²) in [5, 5.41) is 3.19. The standard InChI is InChI=1S/C32H43N5O2/c1-32(2,3)31-34-27-11-7-10-26(29(27)35-31)30(39)33-21-24-12-16-36(17-13-24)22-25-14-18-37(19-15-25)28(38)20-23-8-5-4-6-9-23/h4-11,24-25H,12-22H2,1-3H3,(H,33,39)(H,34,35). The Hall–Kier alpha value is -3.19. The van der Waals surface area contributed by atoms with Crippen LogP contribution in [0.1, 0.15) is 68.2 Å². The number of nitrogens with zero attached hydrogens (tertiary/aromatic N) is 3. The molecular weight excluding hydrogens is 486 g/mol. The molecule has 39 heavy (non-hydrogen) atoms. The molecule has 1 aromatic heterocycles. The fourth-order valence-electron chi connectivity index (χ4n) is 5.89. The predicted octanol–water partition coefficient (Wildman–Crippen LogP) is 4.78. The number of piperidine rings is 2. The van der Waals surface area contributed by atoms with Crippen LogP contribution in [0.3, 0.4) is 0 Å². The van der Waals surface area contributed by atoms with E-state index in [-0.39, 0.29) is 17.2 Å². The van der Waals surface area contributed by atoms with Crippen LogP contribution in [0.4, 0.5) is 0 Å². The number of para-hydroxylation sites is 1. The van der Waals surface area contributed by atoms with Gasteiger partial charge in [-0.05, 0) is 68.3 Å². The zero-order valence-corrected chi connectivity index (χ0v) is 23.7. The third-order valence-electron chi connectivity index (χ3n) is 8.41. The minimum Gasteiger partial charge on any atom is -0.352 e. The van der Waals surface area contributed by atoms with Gasteiger partial charge in [-0.3, -0.25) is 9.59 Å². The van der Waals surface area contributed by atoms with E-state index in [1.54, 1.807) is 0 Å². The summed E-state index contributed by atoms with van der Waals surface area (Å²) < 4.78 is 0. The maximum atomic E-state index is 13.1. The molecule has 2 fully saturated rings. The summed E-state index contributed by atoms with van der Waals surface area (Å²) in [6.07, 6.45) is 4.90. The first kappa shape index (κ1) is 27.4. The van der Waals surface area contributed by atoms with Crippen LogP contribution >= 0.6 is 0 Å². The van der Waals surface area contributed by atoms with Gasteiger partial charge in [-0.15, -0.1) is 0 Å². The van der Waals surface area contributed by atoms with Crippen molar-refractivity contribution >= 4 is 22.8 Å². The fraction of sp³-hybridized carbons (Fsp3) is 0.531. The maximum absolute atomic E-state index is 13.1. The normalized spacial score (nSPS) is 18.0. The van der Waals surface area contributed by atoms with Crippen molar-refractivity contribution in [2.75, 3.05) is 39.3 Å². The predicted molar refractivity (Wildman–Crippen MR) is 156 cm³/mol. The van der Waals surface area contributed by atoms with Gasteiger partial charge in [0.05, 0.1) is 17.5 Å². The smallest absolute Gasteiger partial charge is 0.253 e. The lowest BCUT2D eigenvalue weighted by Gasteiger charge is -2.37. The zero-order chi connectivity index (χ0) is 27.4. The molecule has 5 rings (SSSR count). The Kier molecular flexibility index (Phi) is 8.36. The quantitative estimate of drug-likeness (QED) is 0.461. The third kappa shape index (κ3) is 6.88. The molecule has 0 bridgehead atoms. The van der Waals surface area contributed by atoms with Gasteiger partial charge < -0.3 is 20.1 Å². The summed E-state index contributed by atoms with van der Waals surface area (Å²) in [7, 11) is 0. The third-order valence-corrected chi connectivity index (χ3v) is 8.41. The molecule has 7 heteroatoms. The molecule has 2 aliphatic rings. The van der Waals surface area contributed by atoms with Crippen LogP contribution in [-0.4, -0.2) is 70.9 Å². The maximum Gasteiger partial charge on any atom is 0.253 e. The van der Waals surface area contributed by atoms with Crippen LogP contribution in [0.2, 0.25) is 0 Å². The number of H-pyrrole nitrogens is 1. The Balaban J connectivity index is 1.03. The monoisotopic (exact) mass is 529 g/mol. The van der Waals surface area contributed by atoms with Crippen molar-refractivity contribution in [1.29, 1.82) is 0 Å². The molecule has 3 aromatic rings. The molecule has 2 N–H and O–H groups in total. The number of rotatable bonds is 7. The van der Waals surface area contributed by atoms with E-state index in [1.807, 2.05) is 53.4 Å². The van der Waals surface area contributed by atoms with Gasteiger partial charge in [-0.25, -0.2) is 4.98 Å². The Bertz CT molecular complexity index is 1260. The van der Waals surface area contributed by atoms with Crippen molar-refractivity contribution in [2.45, 2.75) is 58.3 Å². The van der Waals surface area contributed by atoms with Crippen LogP contribution < -0.4 is 5.32 Å². The minimum atomic E-state index is -0.0997. The Labute approximate surface area is 232 Å². The number of hydrogen-bond acceptors (Lipinski definition) is 4. The van der Waals surface area contributed by atoms with Crippen LogP contribution in [0.15, 0.2) is 48.5 Å². The first-order chi connectivity index (χ1) is 18.8. The van der Waals surface area contributed by atoms with E-state index in [1.165, 1.54) is 0 Å². The second-order valence-corrected chi connectivity index (χ2v) is 12.5. The molecule has 2 aliphatic heterocycles. The number of aromatic nitrogens is 2. The van der Waals surface area contributed by atoms with Crippen molar-refractivity contribution in [2.24, 2.45) is 11.8 Å². The number of aromatic amines is 1. The average molecular weight is 530 g/mol. The van der Waals surface area contributed by atoms with E-state index >= 15 is 0 Å². The van der Waals surface area contributed by atoms with E-state index < -0.39 is 0 Å². The molecule has 0 aliphatic carbocycles. The lowest BCUT2D eigenvalue weighted by Crippen LogP contribution is -2.44. The highest BCUT2D eigenvalue weighted by Gasteiger charge is 2.27. The fourth-order valence-corrected chi connectivity index (χ4v) is 5.89. The minimum absolute atomic E-state index is 0.0384. The number of imidazole rings is 1. The SMILES string of the molecule is CC(C)(C)c1nc2c(C(=O)NCC3CCN(CC4CCN(C(=O)Cc5ccccc5)CC4)CC3)cccc2[nH]1. The molecular formula is C32H43N5O2. The van der Waals surface area contributed by atoms with E-state index in [9.17, 15) is 9.59 Å². The van der Waals surface area contributed by atoms with Gasteiger partial charge in [0.2, 0.25) is 5.91 Å². The van der Waals surface area contributed by atoms with E-state index in [0.29, 0.717) is 30.4 Å². The number of hydrogen-bond donors (Lipinski definition) is 2. The number of benzene rings is 2. The Morgan fingerprint density at radius 1 is 0.923 bits per heavy atom.